The maximum atomic E-state index is 13.1. The zero-order valence-electron chi connectivity index (χ0n) is 18.5. The molecule has 2 N–H and O–H groups in total. The summed E-state index contributed by atoms with van der Waals surface area (Å²) in [6.07, 6.45) is 4.85. The number of aromatic nitrogens is 4. The maximum Gasteiger partial charge on any atom is 0.254 e. The lowest BCUT2D eigenvalue weighted by Crippen LogP contribution is -2.55. The number of nitrogens with one attached hydrogen (secondary N) is 1. The summed E-state index contributed by atoms with van der Waals surface area (Å²) in [5, 5.41) is 17.4. The lowest BCUT2D eigenvalue weighted by molar-refractivity contribution is -0.129. The van der Waals surface area contributed by atoms with Crippen molar-refractivity contribution in [2.24, 2.45) is 7.05 Å². The molecule has 2 aromatic carbocycles. The van der Waals surface area contributed by atoms with Gasteiger partial charge in [0.05, 0.1) is 29.0 Å². The van der Waals surface area contributed by atoms with Crippen molar-refractivity contribution in [1.29, 1.82) is 0 Å². The average Bonchev–Trinajstić information content (AvgIpc) is 3.38. The van der Waals surface area contributed by atoms with Crippen LogP contribution in [0.3, 0.4) is 0 Å². The minimum Gasteiger partial charge on any atom is -0.372 e. The molecular formula is C25H22N6O3. The Labute approximate surface area is 195 Å². The smallest absolute Gasteiger partial charge is 0.254 e. The van der Waals surface area contributed by atoms with Gasteiger partial charge in [0, 0.05) is 49.1 Å². The van der Waals surface area contributed by atoms with Crippen LogP contribution in [0.25, 0.3) is 33.4 Å². The Morgan fingerprint density at radius 1 is 1.00 bits per heavy atom. The first-order chi connectivity index (χ1) is 16.5. The van der Waals surface area contributed by atoms with Crippen LogP contribution in [0.5, 0.6) is 0 Å². The van der Waals surface area contributed by atoms with Gasteiger partial charge in [-0.05, 0) is 41.8 Å². The molecule has 2 amide bonds. The van der Waals surface area contributed by atoms with Crippen LogP contribution in [-0.2, 0) is 18.4 Å². The van der Waals surface area contributed by atoms with E-state index in [4.69, 9.17) is 0 Å². The number of fused-ring (bicyclic) bond motifs is 2. The number of aliphatic hydroxyl groups is 1. The van der Waals surface area contributed by atoms with E-state index in [1.165, 1.54) is 0 Å². The van der Waals surface area contributed by atoms with E-state index in [1.807, 2.05) is 54.3 Å². The zero-order valence-corrected chi connectivity index (χ0v) is 18.5. The molecule has 34 heavy (non-hydrogen) atoms. The van der Waals surface area contributed by atoms with Gasteiger partial charge in [-0.15, -0.1) is 0 Å². The molecule has 6 rings (SSSR count). The molecule has 0 aliphatic carbocycles. The van der Waals surface area contributed by atoms with Crippen molar-refractivity contribution >= 4 is 22.8 Å². The molecule has 0 radical (unpaired) electrons. The molecule has 2 atom stereocenters. The van der Waals surface area contributed by atoms with Gasteiger partial charge in [0.15, 0.2) is 0 Å². The fourth-order valence-corrected chi connectivity index (χ4v) is 4.98. The van der Waals surface area contributed by atoms with Gasteiger partial charge in [-0.2, -0.15) is 5.10 Å². The van der Waals surface area contributed by atoms with Gasteiger partial charge in [-0.25, -0.2) is 0 Å². The minimum atomic E-state index is -1.06. The first-order valence-electron chi connectivity index (χ1n) is 11.1. The third kappa shape index (κ3) is 3.24. The molecule has 9 heteroatoms. The van der Waals surface area contributed by atoms with E-state index in [1.54, 1.807) is 17.3 Å². The van der Waals surface area contributed by atoms with Crippen LogP contribution in [0, 0.1) is 0 Å². The van der Waals surface area contributed by atoms with Crippen molar-refractivity contribution in [2.45, 2.75) is 31.7 Å². The monoisotopic (exact) mass is 454 g/mol. The van der Waals surface area contributed by atoms with Crippen LogP contribution in [0.15, 0.2) is 55.0 Å². The molecule has 2 aromatic heterocycles. The van der Waals surface area contributed by atoms with E-state index in [2.05, 4.69) is 20.4 Å². The van der Waals surface area contributed by atoms with Crippen LogP contribution in [0.1, 0.15) is 28.8 Å². The van der Waals surface area contributed by atoms with Crippen molar-refractivity contribution in [1.82, 2.24) is 30.0 Å². The van der Waals surface area contributed by atoms with Crippen molar-refractivity contribution in [3.05, 3.63) is 66.1 Å². The Hall–Kier alpha value is -4.11. The Morgan fingerprint density at radius 3 is 2.62 bits per heavy atom. The van der Waals surface area contributed by atoms with Gasteiger partial charge in [0.2, 0.25) is 5.91 Å². The number of carbonyl (C=O) groups is 2. The number of carbonyl (C=O) groups excluding carboxylic acids is 2. The molecule has 1 saturated heterocycles. The van der Waals surface area contributed by atoms with E-state index < -0.39 is 12.3 Å². The number of hydrogen-bond donors (Lipinski definition) is 2. The SMILES string of the molecule is Cn1ncc(-c2ccc3c(c2)CN(C2CCC(=O)NC2O)C3=O)c1-c1ccc2nccnc2c1. The quantitative estimate of drug-likeness (QED) is 0.491. The second-order valence-corrected chi connectivity index (χ2v) is 8.71. The molecule has 1 fully saturated rings. The molecule has 0 spiro atoms. The molecule has 9 nitrogen and oxygen atoms in total. The lowest BCUT2D eigenvalue weighted by atomic mass is 9.98. The molecule has 4 aromatic rings. The van der Waals surface area contributed by atoms with Crippen LogP contribution in [0.2, 0.25) is 0 Å². The Morgan fingerprint density at radius 2 is 1.79 bits per heavy atom. The number of hydrogen-bond acceptors (Lipinski definition) is 6. The van der Waals surface area contributed by atoms with E-state index in [9.17, 15) is 14.7 Å². The fourth-order valence-electron chi connectivity index (χ4n) is 4.98. The number of aryl methyl sites for hydroxylation is 1. The van der Waals surface area contributed by atoms with Crippen molar-refractivity contribution in [3.8, 4) is 22.4 Å². The molecule has 0 bridgehead atoms. The lowest BCUT2D eigenvalue weighted by Gasteiger charge is -2.35. The standard InChI is InChI=1S/C25H22N6O3/c1-30-23(15-3-5-19-20(11-15)27-9-8-26-19)18(12-28-30)14-2-4-17-16(10-14)13-31(25(17)34)21-6-7-22(32)29-24(21)33/h2-5,8-12,21,24,33H,6-7,13H2,1H3,(H,29,32). The maximum absolute atomic E-state index is 13.1. The second kappa shape index (κ2) is 7.74. The highest BCUT2D eigenvalue weighted by molar-refractivity contribution is 5.99. The summed E-state index contributed by atoms with van der Waals surface area (Å²) in [5.41, 5.74) is 6.97. The van der Waals surface area contributed by atoms with Crippen molar-refractivity contribution < 1.29 is 14.7 Å². The van der Waals surface area contributed by atoms with E-state index in [0.717, 1.165) is 39.0 Å². The van der Waals surface area contributed by atoms with Gasteiger partial charge in [0.1, 0.15) is 6.23 Å². The highest BCUT2D eigenvalue weighted by Crippen LogP contribution is 2.36. The predicted molar refractivity (Wildman–Crippen MR) is 124 cm³/mol. The number of amides is 2. The third-order valence-corrected chi connectivity index (χ3v) is 6.67. The van der Waals surface area contributed by atoms with Crippen molar-refractivity contribution in [2.75, 3.05) is 0 Å². The summed E-state index contributed by atoms with van der Waals surface area (Å²) in [4.78, 5) is 35.1. The summed E-state index contributed by atoms with van der Waals surface area (Å²) < 4.78 is 1.83. The number of benzene rings is 2. The highest BCUT2D eigenvalue weighted by Gasteiger charge is 2.39. The molecular weight excluding hydrogens is 432 g/mol. The summed E-state index contributed by atoms with van der Waals surface area (Å²) in [6.45, 7) is 0.390. The van der Waals surface area contributed by atoms with Crippen LogP contribution < -0.4 is 5.32 Å². The number of piperidine rings is 1. The molecule has 2 unspecified atom stereocenters. The first kappa shape index (κ1) is 20.5. The molecule has 4 heterocycles. The van der Waals surface area contributed by atoms with Gasteiger partial charge in [-0.3, -0.25) is 24.2 Å². The second-order valence-electron chi connectivity index (χ2n) is 8.71. The number of rotatable bonds is 3. The molecule has 170 valence electrons. The minimum absolute atomic E-state index is 0.124. The Balaban J connectivity index is 1.36. The molecule has 0 saturated carbocycles. The molecule has 2 aliphatic heterocycles. The van der Waals surface area contributed by atoms with Gasteiger partial charge < -0.3 is 15.3 Å². The molecule has 2 aliphatic rings. The summed E-state index contributed by atoms with van der Waals surface area (Å²) in [5.74, 6) is -0.319. The van der Waals surface area contributed by atoms with Crippen LogP contribution >= 0.6 is 0 Å². The van der Waals surface area contributed by atoms with E-state index >= 15 is 0 Å². The summed E-state index contributed by atoms with van der Waals surface area (Å²) in [7, 11) is 1.90. The fraction of sp³-hybridized carbons (Fsp3) is 0.240. The Kier molecular flexibility index (Phi) is 4.66. The largest absolute Gasteiger partial charge is 0.372 e. The van der Waals surface area contributed by atoms with Gasteiger partial charge in [-0.1, -0.05) is 12.1 Å². The van der Waals surface area contributed by atoms with Gasteiger partial charge >= 0.3 is 0 Å². The summed E-state index contributed by atoms with van der Waals surface area (Å²) in [6, 6.07) is 11.3. The third-order valence-electron chi connectivity index (χ3n) is 6.67. The number of aliphatic hydroxyl groups excluding tert-OH is 1. The van der Waals surface area contributed by atoms with E-state index in [0.29, 0.717) is 24.9 Å². The van der Waals surface area contributed by atoms with Crippen molar-refractivity contribution in [3.63, 3.8) is 0 Å². The average molecular weight is 454 g/mol. The zero-order chi connectivity index (χ0) is 23.4. The van der Waals surface area contributed by atoms with Crippen LogP contribution in [-0.4, -0.2) is 53.8 Å². The van der Waals surface area contributed by atoms with Gasteiger partial charge in [0.25, 0.3) is 5.91 Å². The van der Waals surface area contributed by atoms with Crippen LogP contribution in [0.4, 0.5) is 0 Å². The van der Waals surface area contributed by atoms with E-state index in [-0.39, 0.29) is 11.8 Å². The predicted octanol–water partition coefficient (Wildman–Crippen LogP) is 2.25. The summed E-state index contributed by atoms with van der Waals surface area (Å²) >= 11 is 0. The number of nitrogens with zero attached hydrogens (tertiary/aromatic N) is 5. The topological polar surface area (TPSA) is 113 Å². The normalized spacial score (nSPS) is 20.0. The first-order valence-corrected chi connectivity index (χ1v) is 11.1. The highest BCUT2D eigenvalue weighted by atomic mass is 16.3. The Bertz CT molecular complexity index is 1460.